The average molecular weight is 473 g/mol. The van der Waals surface area contributed by atoms with Crippen LogP contribution in [0.3, 0.4) is 0 Å². The summed E-state index contributed by atoms with van der Waals surface area (Å²) >= 11 is 0. The van der Waals surface area contributed by atoms with E-state index in [4.69, 9.17) is 5.73 Å². The molecule has 4 atom stereocenters. The first-order valence-electron chi connectivity index (χ1n) is 11.2. The van der Waals surface area contributed by atoms with Crippen LogP contribution in [-0.4, -0.2) is 68.5 Å². The lowest BCUT2D eigenvalue weighted by atomic mass is 9.66. The Balaban J connectivity index is 2.23. The lowest BCUT2D eigenvalue weighted by Crippen LogP contribution is -2.54. The van der Waals surface area contributed by atoms with Gasteiger partial charge in [0.05, 0.1) is 23.1 Å². The molecule has 1 amide bonds. The molecular weight excluding hydrogens is 440 g/mol. The van der Waals surface area contributed by atoms with Gasteiger partial charge >= 0.3 is 0 Å². The molecule has 34 heavy (non-hydrogen) atoms. The zero-order chi connectivity index (χ0) is 25.7. The maximum atomic E-state index is 13.9. The molecule has 0 aliphatic heterocycles. The molecule has 0 saturated heterocycles. The predicted molar refractivity (Wildman–Crippen MR) is 125 cm³/mol. The minimum Gasteiger partial charge on any atom is -0.510 e. The van der Waals surface area contributed by atoms with Crippen molar-refractivity contribution >= 4 is 23.2 Å². The fourth-order valence-electron chi connectivity index (χ4n) is 5.33. The summed E-state index contributed by atoms with van der Waals surface area (Å²) in [5, 5.41) is 43.7. The number of allylic oxidation sites excluding steroid dienone is 1. The summed E-state index contributed by atoms with van der Waals surface area (Å²) in [6, 6.07) is 2.03. The number of fused-ring (bicyclic) bond motifs is 1. The third-order valence-electron chi connectivity index (χ3n) is 7.18. The summed E-state index contributed by atoms with van der Waals surface area (Å²) < 4.78 is 0. The highest BCUT2D eigenvalue weighted by Crippen LogP contribution is 2.46. The number of hydrogen-bond donors (Lipinski definition) is 5. The normalized spacial score (nSPS) is 27.1. The van der Waals surface area contributed by atoms with Crippen LogP contribution in [0, 0.1) is 11.8 Å². The number of carbonyl (C=O) groups is 3. The third-order valence-corrected chi connectivity index (χ3v) is 7.18. The highest BCUT2D eigenvalue weighted by atomic mass is 16.3. The van der Waals surface area contributed by atoms with Gasteiger partial charge in [-0.1, -0.05) is 6.92 Å². The van der Waals surface area contributed by atoms with E-state index >= 15 is 0 Å². The van der Waals surface area contributed by atoms with Crippen molar-refractivity contribution in [3.63, 3.8) is 0 Å². The summed E-state index contributed by atoms with van der Waals surface area (Å²) in [6.07, 6.45) is 0.643. The molecule has 9 heteroatoms. The molecule has 3 rings (SSSR count). The number of rotatable bonds is 6. The first-order chi connectivity index (χ1) is 15.7. The molecule has 0 spiro atoms. The molecule has 1 aromatic carbocycles. The molecule has 0 aromatic heterocycles. The number of carbonyl (C=O) groups excluding carboxylic acids is 3. The van der Waals surface area contributed by atoms with Crippen LogP contribution >= 0.6 is 0 Å². The number of nitrogens with zero attached hydrogens (tertiary/aromatic N) is 1. The number of hydrogen-bond acceptors (Lipinski definition) is 8. The summed E-state index contributed by atoms with van der Waals surface area (Å²) in [5.74, 6) is -4.70. The quantitative estimate of drug-likeness (QED) is 0.393. The Bertz CT molecular complexity index is 1130. The van der Waals surface area contributed by atoms with Crippen LogP contribution in [0.5, 0.6) is 5.75 Å². The topological polar surface area (TPSA) is 161 Å². The van der Waals surface area contributed by atoms with E-state index in [-0.39, 0.29) is 35.5 Å². The van der Waals surface area contributed by atoms with Crippen LogP contribution in [0.4, 0.5) is 0 Å². The van der Waals surface area contributed by atoms with E-state index in [0.717, 1.165) is 0 Å². The minimum atomic E-state index is -2.09. The first-order valence-corrected chi connectivity index (χ1v) is 11.2. The van der Waals surface area contributed by atoms with Crippen molar-refractivity contribution in [3.05, 3.63) is 45.7 Å². The average Bonchev–Trinajstić information content (AvgIpc) is 2.71. The number of aromatic hydroxyl groups is 1. The number of primary amides is 1. The number of ketones is 2. The Hall–Kier alpha value is -3.17. The van der Waals surface area contributed by atoms with Crippen molar-refractivity contribution < 1.29 is 34.8 Å². The molecule has 3 unspecified atom stereocenters. The third kappa shape index (κ3) is 3.88. The van der Waals surface area contributed by atoms with Crippen molar-refractivity contribution in [2.45, 2.75) is 51.7 Å². The summed E-state index contributed by atoms with van der Waals surface area (Å²) in [4.78, 5) is 39.9. The number of nitrogens with two attached hydrogens (primary N) is 1. The maximum Gasteiger partial charge on any atom is 0.251 e. The summed E-state index contributed by atoms with van der Waals surface area (Å²) in [6.45, 7) is 4.47. The number of aliphatic hydroxyl groups excluding tert-OH is 2. The van der Waals surface area contributed by atoms with Crippen molar-refractivity contribution in [2.75, 3.05) is 14.1 Å². The van der Waals surface area contributed by atoms with E-state index < -0.39 is 52.3 Å². The monoisotopic (exact) mass is 472 g/mol. The van der Waals surface area contributed by atoms with Crippen LogP contribution in [0.25, 0.3) is 5.76 Å². The molecule has 0 fully saturated rings. The zero-order valence-electron chi connectivity index (χ0n) is 20.0. The van der Waals surface area contributed by atoms with E-state index in [1.807, 2.05) is 6.92 Å². The zero-order valence-corrected chi connectivity index (χ0v) is 20.0. The van der Waals surface area contributed by atoms with Gasteiger partial charge in [-0.15, -0.1) is 0 Å². The number of likely N-dealkylation sites (N-methyl/N-ethyl adjacent to an activating group) is 1. The lowest BCUT2D eigenvalue weighted by Gasteiger charge is -2.43. The number of Topliss-reactive ketones (excluding diaryl/α,β-unsaturated/α-hetero) is 2. The second kappa shape index (κ2) is 8.88. The molecule has 0 radical (unpaired) electrons. The van der Waals surface area contributed by atoms with Gasteiger partial charge in [0.15, 0.2) is 11.6 Å². The lowest BCUT2D eigenvalue weighted by molar-refractivity contribution is -0.130. The van der Waals surface area contributed by atoms with Gasteiger partial charge in [0.2, 0.25) is 0 Å². The SMILES string of the molecule is CCC1Cc2c(C(C)=O)ccc(O)c2C(O)=C1C(=O)C1C[C@@H](N(C)C)C(O)=C(C(N)=O)C1(C)O. The molecule has 2 aliphatic rings. The van der Waals surface area contributed by atoms with Gasteiger partial charge in [0, 0.05) is 11.1 Å². The number of aliphatic hydroxyl groups is 3. The summed E-state index contributed by atoms with van der Waals surface area (Å²) in [5.41, 5.74) is 3.79. The van der Waals surface area contributed by atoms with Crippen LogP contribution < -0.4 is 5.73 Å². The molecule has 2 aliphatic carbocycles. The molecule has 6 N–H and O–H groups in total. The second-order valence-electron chi connectivity index (χ2n) is 9.52. The number of phenolic OH excluding ortho intramolecular Hbond substituents is 1. The Morgan fingerprint density at radius 1 is 1.18 bits per heavy atom. The molecule has 9 nitrogen and oxygen atoms in total. The van der Waals surface area contributed by atoms with Crippen LogP contribution in [0.2, 0.25) is 0 Å². The van der Waals surface area contributed by atoms with E-state index in [2.05, 4.69) is 0 Å². The molecule has 0 saturated carbocycles. The van der Waals surface area contributed by atoms with Gasteiger partial charge in [-0.3, -0.25) is 19.3 Å². The molecule has 184 valence electrons. The van der Waals surface area contributed by atoms with Gasteiger partial charge in [-0.05, 0) is 70.8 Å². The number of benzene rings is 1. The van der Waals surface area contributed by atoms with Crippen LogP contribution in [-0.2, 0) is 16.0 Å². The number of amides is 1. The predicted octanol–water partition coefficient (Wildman–Crippen LogP) is 2.01. The molecular formula is C25H32N2O7. The smallest absolute Gasteiger partial charge is 0.251 e. The fourth-order valence-corrected chi connectivity index (χ4v) is 5.33. The molecule has 0 bridgehead atoms. The highest BCUT2D eigenvalue weighted by Gasteiger charge is 2.52. The first kappa shape index (κ1) is 25.5. The second-order valence-corrected chi connectivity index (χ2v) is 9.52. The van der Waals surface area contributed by atoms with E-state index in [0.29, 0.717) is 17.5 Å². The van der Waals surface area contributed by atoms with Gasteiger partial charge < -0.3 is 26.2 Å². The van der Waals surface area contributed by atoms with Crippen molar-refractivity contribution in [3.8, 4) is 5.75 Å². The van der Waals surface area contributed by atoms with Crippen molar-refractivity contribution in [1.82, 2.24) is 4.90 Å². The van der Waals surface area contributed by atoms with Crippen LogP contribution in [0.1, 0.15) is 55.1 Å². The van der Waals surface area contributed by atoms with Crippen molar-refractivity contribution in [2.24, 2.45) is 17.6 Å². The Kier molecular flexibility index (Phi) is 6.65. The van der Waals surface area contributed by atoms with E-state index in [9.17, 15) is 34.8 Å². The van der Waals surface area contributed by atoms with Crippen LogP contribution in [0.15, 0.2) is 29.0 Å². The minimum absolute atomic E-state index is 0.0130. The van der Waals surface area contributed by atoms with E-state index in [1.165, 1.54) is 26.0 Å². The summed E-state index contributed by atoms with van der Waals surface area (Å²) in [7, 11) is 3.32. The Morgan fingerprint density at radius 2 is 1.79 bits per heavy atom. The van der Waals surface area contributed by atoms with E-state index in [1.54, 1.807) is 19.0 Å². The van der Waals surface area contributed by atoms with Gasteiger partial charge in [0.25, 0.3) is 5.91 Å². The van der Waals surface area contributed by atoms with Crippen molar-refractivity contribution in [1.29, 1.82) is 0 Å². The maximum absolute atomic E-state index is 13.9. The Morgan fingerprint density at radius 3 is 2.29 bits per heavy atom. The molecule has 0 heterocycles. The van der Waals surface area contributed by atoms with Gasteiger partial charge in [-0.25, -0.2) is 0 Å². The van der Waals surface area contributed by atoms with Gasteiger partial charge in [-0.2, -0.15) is 0 Å². The standard InChI is InChI=1S/C25H32N2O7/c1-6-12-9-14-13(11(2)28)7-8-17(29)19(14)23(32)18(12)21(30)15-10-16(27(4)5)22(31)20(24(26)33)25(15,3)34/h7-8,12,15-16,29,31-32,34H,6,9-10H2,1-5H3,(H2,26,33)/t12?,15?,16-,25?/m1/s1. The Labute approximate surface area is 198 Å². The van der Waals surface area contributed by atoms with Gasteiger partial charge in [0.1, 0.15) is 22.9 Å². The highest BCUT2D eigenvalue weighted by molar-refractivity contribution is 6.08. The number of phenols is 1. The molecule has 1 aromatic rings. The fraction of sp³-hybridized carbons (Fsp3) is 0.480. The largest absolute Gasteiger partial charge is 0.510 e.